The molecule has 0 unspecified atom stereocenters. The smallest absolute Gasteiger partial charge is 0.420 e. The fraction of sp³-hybridized carbons (Fsp3) is 0.269. The minimum absolute atomic E-state index is 0.0359. The zero-order chi connectivity index (χ0) is 34.4. The lowest BCUT2D eigenvalue weighted by molar-refractivity contribution is -0.385. The van der Waals surface area contributed by atoms with E-state index in [0.717, 1.165) is 28.9 Å². The van der Waals surface area contributed by atoms with E-state index in [1.807, 2.05) is 6.92 Å². The molecule has 14 nitrogen and oxygen atoms in total. The zero-order valence-corrected chi connectivity index (χ0v) is 23.8. The number of halogens is 6. The number of benzene rings is 2. The predicted molar refractivity (Wildman–Crippen MR) is 145 cm³/mol. The van der Waals surface area contributed by atoms with Crippen LogP contribution < -0.4 is 14.6 Å². The second-order valence-corrected chi connectivity index (χ2v) is 8.91. The molecule has 0 aliphatic carbocycles. The first-order valence-corrected chi connectivity index (χ1v) is 12.8. The number of aryl methyl sites for hydroxylation is 2. The molecule has 0 bridgehead atoms. The van der Waals surface area contributed by atoms with E-state index in [2.05, 4.69) is 20.3 Å². The number of non-ortho nitro benzene ring substituents is 2. The van der Waals surface area contributed by atoms with Gasteiger partial charge in [-0.3, -0.25) is 30.3 Å². The van der Waals surface area contributed by atoms with Gasteiger partial charge in [-0.2, -0.15) is 26.3 Å². The third kappa shape index (κ3) is 8.48. The van der Waals surface area contributed by atoms with Crippen molar-refractivity contribution in [3.63, 3.8) is 0 Å². The van der Waals surface area contributed by atoms with Crippen LogP contribution in [0.25, 0.3) is 0 Å². The van der Waals surface area contributed by atoms with E-state index in [1.165, 1.54) is 19.2 Å². The van der Waals surface area contributed by atoms with E-state index in [-0.39, 0.29) is 11.8 Å². The molecule has 0 aliphatic heterocycles. The largest absolute Gasteiger partial charge is 0.845 e. The van der Waals surface area contributed by atoms with Gasteiger partial charge in [-0.05, 0) is 25.0 Å². The first-order valence-electron chi connectivity index (χ1n) is 12.8. The van der Waals surface area contributed by atoms with E-state index in [9.17, 15) is 51.7 Å². The fourth-order valence-corrected chi connectivity index (χ4v) is 3.64. The molecule has 0 saturated heterocycles. The summed E-state index contributed by atoms with van der Waals surface area (Å²) in [6.45, 7) is 3.55. The lowest BCUT2D eigenvalue weighted by Gasteiger charge is -2.13. The topological polar surface area (TPSA) is 187 Å². The van der Waals surface area contributed by atoms with Gasteiger partial charge in [-0.15, -0.1) is 10.2 Å². The first kappa shape index (κ1) is 34.8. The van der Waals surface area contributed by atoms with Crippen molar-refractivity contribution in [3.8, 4) is 23.3 Å². The fourth-order valence-electron chi connectivity index (χ4n) is 3.64. The van der Waals surface area contributed by atoms with E-state index in [4.69, 9.17) is 9.47 Å². The summed E-state index contributed by atoms with van der Waals surface area (Å²) in [6.07, 6.45) is -8.66. The number of aliphatic imine (C=N–C) groups is 1. The van der Waals surface area contributed by atoms with Crippen molar-refractivity contribution < 1.29 is 50.8 Å². The highest BCUT2D eigenvalue weighted by Gasteiger charge is 2.37. The number of alkyl halides is 6. The quantitative estimate of drug-likeness (QED) is 0.0773. The van der Waals surface area contributed by atoms with Crippen LogP contribution >= 0.6 is 0 Å². The molecule has 246 valence electrons. The number of H-pyrrole nitrogens is 1. The second kappa shape index (κ2) is 13.9. The Labute approximate surface area is 254 Å². The molecule has 0 amide bonds. The SMILES string of the molecule is CCc1cc(Oc2ccc([N+](=O)[O-])cc2C(F)(F)F)n[nH]1.CCc1cc(Oc2ccc([N+](=O)[O-])cc2C(F)(F)F)nn1C([O-])=NC. The van der Waals surface area contributed by atoms with E-state index in [0.29, 0.717) is 36.4 Å². The van der Waals surface area contributed by atoms with Crippen LogP contribution in [0.2, 0.25) is 0 Å². The molecule has 20 heteroatoms. The number of aromatic amines is 1. The van der Waals surface area contributed by atoms with Gasteiger partial charge in [-0.25, -0.2) is 4.68 Å². The Bertz CT molecular complexity index is 1750. The van der Waals surface area contributed by atoms with Gasteiger partial charge in [0.1, 0.15) is 22.6 Å². The summed E-state index contributed by atoms with van der Waals surface area (Å²) in [7, 11) is 1.25. The molecule has 0 atom stereocenters. The van der Waals surface area contributed by atoms with Crippen LogP contribution in [0.3, 0.4) is 0 Å². The number of ether oxygens (including phenoxy) is 2. The van der Waals surface area contributed by atoms with Crippen LogP contribution in [0.5, 0.6) is 23.3 Å². The second-order valence-electron chi connectivity index (χ2n) is 8.91. The highest BCUT2D eigenvalue weighted by atomic mass is 19.4. The standard InChI is InChI=1S/C14H13F3N4O4.C12H10F3N3O3/c1-3-8-7-12(19-20(8)13(22)18-2)25-11-5-4-9(21(23)24)6-10(11)14(15,16)17;1-2-7-5-11(17-16-7)21-10-4-3-8(18(19)20)6-9(10)12(13,14)15/h4-7H,3H2,1-2H3,(H,18,22);3-6H,2H2,1H3,(H,16,17)/p-1. The third-order valence-electron chi connectivity index (χ3n) is 5.87. The van der Waals surface area contributed by atoms with Crippen LogP contribution in [0.15, 0.2) is 53.5 Å². The molecule has 4 rings (SSSR count). The van der Waals surface area contributed by atoms with Crippen molar-refractivity contribution >= 4 is 17.4 Å². The molecule has 2 aromatic heterocycles. The van der Waals surface area contributed by atoms with E-state index < -0.39 is 62.2 Å². The van der Waals surface area contributed by atoms with Gasteiger partial charge in [0.2, 0.25) is 11.8 Å². The van der Waals surface area contributed by atoms with Crippen molar-refractivity contribution in [2.24, 2.45) is 4.99 Å². The summed E-state index contributed by atoms with van der Waals surface area (Å²) in [6, 6.07) is 6.42. The minimum Gasteiger partial charge on any atom is -0.845 e. The van der Waals surface area contributed by atoms with Crippen LogP contribution in [0.4, 0.5) is 37.7 Å². The highest BCUT2D eigenvalue weighted by Crippen LogP contribution is 2.41. The Morgan fingerprint density at radius 2 is 1.35 bits per heavy atom. The van der Waals surface area contributed by atoms with Gasteiger partial charge in [0.15, 0.2) is 0 Å². The lowest BCUT2D eigenvalue weighted by Crippen LogP contribution is -2.29. The summed E-state index contributed by atoms with van der Waals surface area (Å²) in [5.74, 6) is -1.49. The highest BCUT2D eigenvalue weighted by molar-refractivity contribution is 5.71. The Hall–Kier alpha value is -5.69. The average Bonchev–Trinajstić information content (AvgIpc) is 3.62. The Morgan fingerprint density at radius 3 is 1.74 bits per heavy atom. The lowest BCUT2D eigenvalue weighted by atomic mass is 10.1. The van der Waals surface area contributed by atoms with Crippen molar-refractivity contribution in [1.82, 2.24) is 20.0 Å². The Morgan fingerprint density at radius 1 is 0.848 bits per heavy atom. The third-order valence-corrected chi connectivity index (χ3v) is 5.87. The van der Waals surface area contributed by atoms with Crippen LogP contribution in [-0.2, 0) is 25.2 Å². The molecule has 0 saturated carbocycles. The Kier molecular flexibility index (Phi) is 10.6. The monoisotopic (exact) mass is 658 g/mol. The van der Waals surface area contributed by atoms with E-state index >= 15 is 0 Å². The Balaban J connectivity index is 0.000000254. The molecule has 0 spiro atoms. The zero-order valence-electron chi connectivity index (χ0n) is 23.8. The van der Waals surface area contributed by atoms with Gasteiger partial charge >= 0.3 is 12.4 Å². The molecule has 1 N–H and O–H groups in total. The summed E-state index contributed by atoms with van der Waals surface area (Å²) < 4.78 is 89.3. The maximum absolute atomic E-state index is 13.1. The number of nitrogens with zero attached hydrogens (tertiary/aromatic N) is 6. The number of aromatic nitrogens is 4. The molecule has 46 heavy (non-hydrogen) atoms. The van der Waals surface area contributed by atoms with Gasteiger partial charge in [0.25, 0.3) is 11.4 Å². The number of nitro groups is 2. The summed E-state index contributed by atoms with van der Waals surface area (Å²) in [5.41, 5.74) is -2.84. The first-order chi connectivity index (χ1) is 21.5. The minimum atomic E-state index is -4.87. The molecule has 0 aliphatic rings. The molecule has 0 fully saturated rings. The van der Waals surface area contributed by atoms with Gasteiger partial charge in [-0.1, -0.05) is 13.8 Å². The van der Waals surface area contributed by atoms with Gasteiger partial charge in [0, 0.05) is 54.8 Å². The van der Waals surface area contributed by atoms with Crippen LogP contribution in [0, 0.1) is 20.2 Å². The maximum Gasteiger partial charge on any atom is 0.420 e. The normalized spacial score (nSPS) is 11.9. The summed E-state index contributed by atoms with van der Waals surface area (Å²) in [4.78, 5) is 22.8. The molecule has 4 aromatic rings. The van der Waals surface area contributed by atoms with Crippen LogP contribution in [-0.4, -0.2) is 42.9 Å². The van der Waals surface area contributed by atoms with Crippen molar-refractivity contribution in [1.29, 1.82) is 0 Å². The molecular weight excluding hydrogens is 636 g/mol. The number of hydrogen-bond donors (Lipinski definition) is 1. The molecular formula is C26H22F6N7O7-. The molecule has 0 radical (unpaired) electrons. The summed E-state index contributed by atoms with van der Waals surface area (Å²) >= 11 is 0. The summed E-state index contributed by atoms with van der Waals surface area (Å²) in [5, 5.41) is 43.0. The van der Waals surface area contributed by atoms with Crippen molar-refractivity contribution in [2.75, 3.05) is 7.05 Å². The maximum atomic E-state index is 13.1. The molecule has 2 heterocycles. The number of nitrogens with one attached hydrogen (secondary N) is 1. The van der Waals surface area contributed by atoms with E-state index in [1.54, 1.807) is 6.92 Å². The van der Waals surface area contributed by atoms with Gasteiger partial charge < -0.3 is 14.6 Å². The average molecular weight is 658 g/mol. The number of rotatable bonds is 8. The van der Waals surface area contributed by atoms with Crippen molar-refractivity contribution in [3.05, 3.63) is 91.3 Å². The van der Waals surface area contributed by atoms with Crippen LogP contribution in [0.1, 0.15) is 36.4 Å². The number of hydrogen-bond acceptors (Lipinski definition) is 10. The predicted octanol–water partition coefficient (Wildman–Crippen LogP) is 6.05. The van der Waals surface area contributed by atoms with Crippen molar-refractivity contribution in [2.45, 2.75) is 39.0 Å². The number of nitro benzene ring substituents is 2. The van der Waals surface area contributed by atoms with Gasteiger partial charge in [0.05, 0.1) is 15.9 Å². The molecule has 2 aromatic carbocycles.